The zero-order valence-corrected chi connectivity index (χ0v) is 13.8. The van der Waals surface area contributed by atoms with Gasteiger partial charge in [0.25, 0.3) is 5.91 Å². The first-order valence-corrected chi connectivity index (χ1v) is 8.32. The van der Waals surface area contributed by atoms with E-state index in [0.717, 1.165) is 4.31 Å². The molecule has 0 saturated heterocycles. The van der Waals surface area contributed by atoms with Crippen molar-refractivity contribution in [2.24, 2.45) is 0 Å². The van der Waals surface area contributed by atoms with Gasteiger partial charge in [-0.1, -0.05) is 18.2 Å². The number of carboxylic acid groups (broad SMARTS) is 1. The lowest BCUT2D eigenvalue weighted by Gasteiger charge is -2.13. The van der Waals surface area contributed by atoms with Crippen molar-refractivity contribution in [2.75, 3.05) is 19.4 Å². The quantitative estimate of drug-likeness (QED) is 0.850. The Balaban J connectivity index is 2.25. The van der Waals surface area contributed by atoms with Gasteiger partial charge >= 0.3 is 0 Å². The smallest absolute Gasteiger partial charge is 0.255 e. The molecule has 0 aliphatic heterocycles. The lowest BCUT2D eigenvalue weighted by atomic mass is 10.1. The van der Waals surface area contributed by atoms with Gasteiger partial charge in [0.1, 0.15) is 0 Å². The van der Waals surface area contributed by atoms with Gasteiger partial charge in [0.05, 0.1) is 16.6 Å². The Bertz CT molecular complexity index is 874. The first-order valence-electron chi connectivity index (χ1n) is 6.88. The Morgan fingerprint density at radius 1 is 1.00 bits per heavy atom. The molecule has 1 N–H and O–H groups in total. The van der Waals surface area contributed by atoms with Gasteiger partial charge in [-0.3, -0.25) is 4.79 Å². The standard InChI is InChI=1S/C16H16N2O5S/c1-18(2)24(22,23)12-9-7-11(8-10-12)15(19)17-14-6-4-3-5-13(14)16(20)21/h3-10H,1-2H3,(H,17,19)(H,20,21)/p-1. The maximum absolute atomic E-state index is 12.2. The number of hydrogen-bond donors (Lipinski definition) is 1. The monoisotopic (exact) mass is 347 g/mol. The highest BCUT2D eigenvalue weighted by Crippen LogP contribution is 2.17. The van der Waals surface area contributed by atoms with Crippen LogP contribution in [0.3, 0.4) is 0 Å². The molecular formula is C16H15N2O5S-. The van der Waals surface area contributed by atoms with Gasteiger partial charge in [-0.15, -0.1) is 0 Å². The van der Waals surface area contributed by atoms with E-state index < -0.39 is 21.9 Å². The molecule has 24 heavy (non-hydrogen) atoms. The van der Waals surface area contributed by atoms with E-state index in [1.807, 2.05) is 0 Å². The Kier molecular flexibility index (Phi) is 5.01. The minimum Gasteiger partial charge on any atom is -0.545 e. The first kappa shape index (κ1) is 17.6. The molecule has 0 aliphatic rings. The molecular weight excluding hydrogens is 332 g/mol. The van der Waals surface area contributed by atoms with E-state index in [4.69, 9.17) is 0 Å². The molecule has 7 nitrogen and oxygen atoms in total. The molecule has 0 bridgehead atoms. The molecule has 1 amide bonds. The zero-order chi connectivity index (χ0) is 17.9. The minimum absolute atomic E-state index is 0.0548. The third-order valence-corrected chi connectivity index (χ3v) is 5.12. The van der Waals surface area contributed by atoms with Gasteiger partial charge < -0.3 is 15.2 Å². The van der Waals surface area contributed by atoms with E-state index in [0.29, 0.717) is 0 Å². The van der Waals surface area contributed by atoms with Crippen LogP contribution in [-0.2, 0) is 10.0 Å². The molecule has 2 aromatic rings. The van der Waals surface area contributed by atoms with Crippen LogP contribution in [-0.4, -0.2) is 38.7 Å². The molecule has 0 aliphatic carbocycles. The number of para-hydroxylation sites is 1. The van der Waals surface area contributed by atoms with E-state index in [2.05, 4.69) is 5.32 Å². The molecule has 0 aromatic heterocycles. The number of anilines is 1. The summed E-state index contributed by atoms with van der Waals surface area (Å²) >= 11 is 0. The van der Waals surface area contributed by atoms with E-state index in [1.165, 1.54) is 56.6 Å². The second-order valence-corrected chi connectivity index (χ2v) is 7.25. The Morgan fingerprint density at radius 2 is 1.58 bits per heavy atom. The van der Waals surface area contributed by atoms with Gasteiger partial charge in [-0.05, 0) is 30.3 Å². The van der Waals surface area contributed by atoms with Gasteiger partial charge in [0.15, 0.2) is 0 Å². The average molecular weight is 347 g/mol. The average Bonchev–Trinajstić information content (AvgIpc) is 2.55. The third-order valence-electron chi connectivity index (χ3n) is 3.29. The first-order chi connectivity index (χ1) is 11.2. The summed E-state index contributed by atoms with van der Waals surface area (Å²) in [4.78, 5) is 23.3. The molecule has 2 rings (SSSR count). The highest BCUT2D eigenvalue weighted by Gasteiger charge is 2.17. The van der Waals surface area contributed by atoms with E-state index in [-0.39, 0.29) is 21.7 Å². The highest BCUT2D eigenvalue weighted by molar-refractivity contribution is 7.89. The highest BCUT2D eigenvalue weighted by atomic mass is 32.2. The minimum atomic E-state index is -3.58. The van der Waals surface area contributed by atoms with Gasteiger partial charge in [-0.25, -0.2) is 12.7 Å². The van der Waals surface area contributed by atoms with Gasteiger partial charge in [-0.2, -0.15) is 0 Å². The van der Waals surface area contributed by atoms with Crippen LogP contribution in [0.1, 0.15) is 20.7 Å². The molecule has 126 valence electrons. The van der Waals surface area contributed by atoms with Crippen molar-refractivity contribution < 1.29 is 23.1 Å². The van der Waals surface area contributed by atoms with Crippen LogP contribution in [0.25, 0.3) is 0 Å². The number of benzene rings is 2. The van der Waals surface area contributed by atoms with Gasteiger partial charge in [0.2, 0.25) is 10.0 Å². The summed E-state index contributed by atoms with van der Waals surface area (Å²) in [5.41, 5.74) is 0.158. The molecule has 0 fully saturated rings. The molecule has 0 heterocycles. The van der Waals surface area contributed by atoms with Crippen LogP contribution in [0, 0.1) is 0 Å². The van der Waals surface area contributed by atoms with Crippen LogP contribution in [0.5, 0.6) is 0 Å². The summed E-state index contributed by atoms with van der Waals surface area (Å²) in [6.45, 7) is 0. The van der Waals surface area contributed by atoms with Crippen molar-refractivity contribution in [2.45, 2.75) is 4.90 Å². The topological polar surface area (TPSA) is 107 Å². The Morgan fingerprint density at radius 3 is 2.12 bits per heavy atom. The molecule has 0 atom stereocenters. The van der Waals surface area contributed by atoms with Crippen LogP contribution in [0.15, 0.2) is 53.4 Å². The fraction of sp³-hybridized carbons (Fsp3) is 0.125. The summed E-state index contributed by atoms with van der Waals surface area (Å²) in [7, 11) is -0.761. The fourth-order valence-corrected chi connectivity index (χ4v) is 2.86. The Labute approximate surface area is 139 Å². The number of amides is 1. The second kappa shape index (κ2) is 6.81. The largest absolute Gasteiger partial charge is 0.545 e. The summed E-state index contributed by atoms with van der Waals surface area (Å²) in [6.07, 6.45) is 0. The number of carbonyl (C=O) groups excluding carboxylic acids is 2. The van der Waals surface area contributed by atoms with E-state index >= 15 is 0 Å². The molecule has 0 unspecified atom stereocenters. The number of nitrogens with one attached hydrogen (secondary N) is 1. The number of rotatable bonds is 5. The van der Waals surface area contributed by atoms with Gasteiger partial charge in [0, 0.05) is 25.2 Å². The molecule has 0 saturated carbocycles. The third kappa shape index (κ3) is 3.61. The fourth-order valence-electron chi connectivity index (χ4n) is 1.95. The van der Waals surface area contributed by atoms with Crippen molar-refractivity contribution >= 4 is 27.6 Å². The normalized spacial score (nSPS) is 11.3. The molecule has 0 spiro atoms. The molecule has 0 radical (unpaired) electrons. The second-order valence-electron chi connectivity index (χ2n) is 5.10. The number of hydrogen-bond acceptors (Lipinski definition) is 5. The maximum Gasteiger partial charge on any atom is 0.255 e. The summed E-state index contributed by atoms with van der Waals surface area (Å²) in [5.74, 6) is -1.96. The number of carbonyl (C=O) groups is 2. The van der Waals surface area contributed by atoms with Crippen LogP contribution < -0.4 is 10.4 Å². The predicted octanol–water partition coefficient (Wildman–Crippen LogP) is 0.553. The van der Waals surface area contributed by atoms with Crippen LogP contribution >= 0.6 is 0 Å². The molecule has 8 heteroatoms. The SMILES string of the molecule is CN(C)S(=O)(=O)c1ccc(C(=O)Nc2ccccc2C(=O)[O-])cc1. The van der Waals surface area contributed by atoms with Crippen LogP contribution in [0.2, 0.25) is 0 Å². The number of aromatic carboxylic acids is 1. The van der Waals surface area contributed by atoms with Crippen molar-refractivity contribution in [3.05, 3.63) is 59.7 Å². The summed E-state index contributed by atoms with van der Waals surface area (Å²) < 4.78 is 25.0. The van der Waals surface area contributed by atoms with E-state index in [1.54, 1.807) is 6.07 Å². The van der Waals surface area contributed by atoms with Crippen molar-refractivity contribution in [3.63, 3.8) is 0 Å². The lowest BCUT2D eigenvalue weighted by molar-refractivity contribution is -0.254. The summed E-state index contributed by atoms with van der Waals surface area (Å²) in [5, 5.41) is 13.5. The zero-order valence-electron chi connectivity index (χ0n) is 13.0. The molecule has 2 aromatic carbocycles. The van der Waals surface area contributed by atoms with Crippen molar-refractivity contribution in [1.29, 1.82) is 0 Å². The van der Waals surface area contributed by atoms with Crippen molar-refractivity contribution in [1.82, 2.24) is 4.31 Å². The van der Waals surface area contributed by atoms with Crippen LogP contribution in [0.4, 0.5) is 5.69 Å². The predicted molar refractivity (Wildman–Crippen MR) is 86.0 cm³/mol. The Hall–Kier alpha value is -2.71. The lowest BCUT2D eigenvalue weighted by Crippen LogP contribution is -2.25. The maximum atomic E-state index is 12.2. The number of carboxylic acids is 1. The number of sulfonamides is 1. The summed E-state index contributed by atoms with van der Waals surface area (Å²) in [6, 6.07) is 11.2. The number of nitrogens with zero attached hydrogens (tertiary/aromatic N) is 1. The van der Waals surface area contributed by atoms with E-state index in [9.17, 15) is 23.1 Å². The van der Waals surface area contributed by atoms with Crippen molar-refractivity contribution in [3.8, 4) is 0 Å².